The maximum Gasteiger partial charge on any atom is 0.311 e. The Morgan fingerprint density at radius 2 is 2.29 bits per heavy atom. The van der Waals surface area contributed by atoms with Gasteiger partial charge in [-0.25, -0.2) is 0 Å². The number of benzene rings is 1. The zero-order valence-corrected chi connectivity index (χ0v) is 12.8. The number of nitro benzene ring substituents is 1. The van der Waals surface area contributed by atoms with Crippen molar-refractivity contribution in [2.45, 2.75) is 38.8 Å². The van der Waals surface area contributed by atoms with Crippen molar-refractivity contribution < 1.29 is 9.66 Å². The second kappa shape index (κ2) is 6.76. The van der Waals surface area contributed by atoms with Gasteiger partial charge in [-0.15, -0.1) is 0 Å². The maximum atomic E-state index is 11.1. The molecule has 0 aromatic heterocycles. The first-order valence-corrected chi connectivity index (χ1v) is 7.37. The molecule has 0 aliphatic carbocycles. The normalized spacial score (nSPS) is 18.0. The summed E-state index contributed by atoms with van der Waals surface area (Å²) in [6.07, 6.45) is 2.29. The van der Waals surface area contributed by atoms with Gasteiger partial charge in [-0.1, -0.05) is 0 Å². The lowest BCUT2D eigenvalue weighted by Gasteiger charge is -2.24. The van der Waals surface area contributed by atoms with Crippen LogP contribution in [0.3, 0.4) is 0 Å². The van der Waals surface area contributed by atoms with Gasteiger partial charge >= 0.3 is 5.69 Å². The average molecular weight is 293 g/mol. The molecule has 1 aliphatic rings. The standard InChI is InChI=1S/C15H23N3O3/c1-11(2)21-15-9-13(6-7-14(15)18(19)20)17(3)10-12-5-4-8-16-12/h6-7,9,11-12,16H,4-5,8,10H2,1-3H3. The summed E-state index contributed by atoms with van der Waals surface area (Å²) in [5.41, 5.74) is 0.949. The zero-order chi connectivity index (χ0) is 15.4. The third kappa shape index (κ3) is 4.07. The van der Waals surface area contributed by atoms with Crippen LogP contribution in [0.5, 0.6) is 5.75 Å². The van der Waals surface area contributed by atoms with Gasteiger partial charge < -0.3 is 15.0 Å². The topological polar surface area (TPSA) is 67.6 Å². The van der Waals surface area contributed by atoms with E-state index < -0.39 is 4.92 Å². The summed E-state index contributed by atoms with van der Waals surface area (Å²) >= 11 is 0. The van der Waals surface area contributed by atoms with E-state index in [-0.39, 0.29) is 11.8 Å². The highest BCUT2D eigenvalue weighted by Gasteiger charge is 2.20. The van der Waals surface area contributed by atoms with E-state index in [0.717, 1.165) is 18.8 Å². The Labute approximate surface area is 125 Å². The fraction of sp³-hybridized carbons (Fsp3) is 0.600. The Bertz CT molecular complexity index is 499. The van der Waals surface area contributed by atoms with Gasteiger partial charge in [-0.3, -0.25) is 10.1 Å². The van der Waals surface area contributed by atoms with E-state index in [1.165, 1.54) is 18.9 Å². The number of likely N-dealkylation sites (N-methyl/N-ethyl adjacent to an activating group) is 1. The Kier molecular flexibility index (Phi) is 5.01. The fourth-order valence-corrected chi connectivity index (χ4v) is 2.59. The SMILES string of the molecule is CC(C)Oc1cc(N(C)CC2CCCN2)ccc1[N+](=O)[O-]. The molecule has 0 saturated carbocycles. The van der Waals surface area contributed by atoms with Crippen molar-refractivity contribution >= 4 is 11.4 Å². The van der Waals surface area contributed by atoms with E-state index in [9.17, 15) is 10.1 Å². The van der Waals surface area contributed by atoms with Crippen LogP contribution >= 0.6 is 0 Å². The molecule has 6 heteroatoms. The van der Waals surface area contributed by atoms with Crippen LogP contribution in [-0.2, 0) is 0 Å². The number of anilines is 1. The van der Waals surface area contributed by atoms with Crippen LogP contribution in [-0.4, -0.2) is 37.2 Å². The van der Waals surface area contributed by atoms with Crippen LogP contribution in [0.25, 0.3) is 0 Å². The first kappa shape index (κ1) is 15.6. The number of rotatable bonds is 6. The molecule has 0 amide bonds. The van der Waals surface area contributed by atoms with Crippen molar-refractivity contribution in [3.05, 3.63) is 28.3 Å². The molecule has 2 rings (SSSR count). The van der Waals surface area contributed by atoms with E-state index in [1.54, 1.807) is 12.1 Å². The molecule has 21 heavy (non-hydrogen) atoms. The summed E-state index contributed by atoms with van der Waals surface area (Å²) in [6, 6.07) is 5.54. The third-order valence-electron chi connectivity index (χ3n) is 3.60. The lowest BCUT2D eigenvalue weighted by molar-refractivity contribution is -0.386. The monoisotopic (exact) mass is 293 g/mol. The number of nitro groups is 1. The van der Waals surface area contributed by atoms with Gasteiger partial charge in [0.2, 0.25) is 0 Å². The predicted molar refractivity (Wildman–Crippen MR) is 83.2 cm³/mol. The number of nitrogens with zero attached hydrogens (tertiary/aromatic N) is 2. The highest BCUT2D eigenvalue weighted by Crippen LogP contribution is 2.32. The Hall–Kier alpha value is -1.82. The van der Waals surface area contributed by atoms with Crippen molar-refractivity contribution in [3.63, 3.8) is 0 Å². The molecule has 0 radical (unpaired) electrons. The molecule has 116 valence electrons. The van der Waals surface area contributed by atoms with Gasteiger partial charge in [0.1, 0.15) is 0 Å². The van der Waals surface area contributed by atoms with Crippen molar-refractivity contribution in [1.29, 1.82) is 0 Å². The van der Waals surface area contributed by atoms with Crippen molar-refractivity contribution in [2.24, 2.45) is 0 Å². The largest absolute Gasteiger partial charge is 0.484 e. The molecule has 1 N–H and O–H groups in total. The summed E-state index contributed by atoms with van der Waals surface area (Å²) < 4.78 is 5.58. The van der Waals surface area contributed by atoms with Crippen LogP contribution < -0.4 is 15.0 Å². The zero-order valence-electron chi connectivity index (χ0n) is 12.8. The summed E-state index contributed by atoms with van der Waals surface area (Å²) in [6.45, 7) is 5.69. The summed E-state index contributed by atoms with van der Waals surface area (Å²) in [5.74, 6) is 0.332. The molecule has 0 bridgehead atoms. The Morgan fingerprint density at radius 3 is 2.86 bits per heavy atom. The van der Waals surface area contributed by atoms with E-state index in [4.69, 9.17) is 4.74 Å². The molecule has 1 aliphatic heterocycles. The molecule has 1 unspecified atom stereocenters. The van der Waals surface area contributed by atoms with Crippen molar-refractivity contribution in [2.75, 3.05) is 25.0 Å². The van der Waals surface area contributed by atoms with Crippen LogP contribution in [0.1, 0.15) is 26.7 Å². The quantitative estimate of drug-likeness (QED) is 0.645. The van der Waals surface area contributed by atoms with Crippen LogP contribution in [0.2, 0.25) is 0 Å². The highest BCUT2D eigenvalue weighted by atomic mass is 16.6. The molecule has 1 aromatic rings. The second-order valence-corrected chi connectivity index (χ2v) is 5.75. The second-order valence-electron chi connectivity index (χ2n) is 5.75. The number of ether oxygens (including phenoxy) is 1. The summed E-state index contributed by atoms with van der Waals surface area (Å²) in [4.78, 5) is 12.8. The molecule has 1 atom stereocenters. The molecular weight excluding hydrogens is 270 g/mol. The minimum atomic E-state index is -0.403. The van der Waals surface area contributed by atoms with Crippen LogP contribution in [0.15, 0.2) is 18.2 Å². The first-order chi connectivity index (χ1) is 9.97. The van der Waals surface area contributed by atoms with Crippen LogP contribution in [0.4, 0.5) is 11.4 Å². The van der Waals surface area contributed by atoms with E-state index >= 15 is 0 Å². The van der Waals surface area contributed by atoms with Gasteiger partial charge in [0.15, 0.2) is 5.75 Å². The lowest BCUT2D eigenvalue weighted by atomic mass is 10.2. The third-order valence-corrected chi connectivity index (χ3v) is 3.60. The Morgan fingerprint density at radius 1 is 1.52 bits per heavy atom. The van der Waals surface area contributed by atoms with Crippen molar-refractivity contribution in [3.8, 4) is 5.75 Å². The molecule has 1 aromatic carbocycles. The molecule has 1 fully saturated rings. The average Bonchev–Trinajstić information content (AvgIpc) is 2.90. The number of hydrogen-bond acceptors (Lipinski definition) is 5. The van der Waals surface area contributed by atoms with Crippen molar-refractivity contribution in [1.82, 2.24) is 5.32 Å². The minimum absolute atomic E-state index is 0.0137. The minimum Gasteiger partial charge on any atom is -0.484 e. The molecule has 1 saturated heterocycles. The molecule has 0 spiro atoms. The highest BCUT2D eigenvalue weighted by molar-refractivity contribution is 5.59. The van der Waals surface area contributed by atoms with Gasteiger partial charge in [-0.05, 0) is 39.3 Å². The predicted octanol–water partition coefficient (Wildman–Crippen LogP) is 2.57. The van der Waals surface area contributed by atoms with E-state index in [2.05, 4.69) is 10.2 Å². The van der Waals surface area contributed by atoms with Gasteiger partial charge in [0, 0.05) is 37.5 Å². The van der Waals surface area contributed by atoms with Crippen LogP contribution in [0, 0.1) is 10.1 Å². The summed E-state index contributed by atoms with van der Waals surface area (Å²) in [5, 5.41) is 14.5. The number of nitrogens with one attached hydrogen (secondary N) is 1. The Balaban J connectivity index is 2.17. The maximum absolute atomic E-state index is 11.1. The van der Waals surface area contributed by atoms with Gasteiger partial charge in [-0.2, -0.15) is 0 Å². The number of hydrogen-bond donors (Lipinski definition) is 1. The van der Waals surface area contributed by atoms with Gasteiger partial charge in [0.25, 0.3) is 0 Å². The lowest BCUT2D eigenvalue weighted by Crippen LogP contribution is -2.35. The van der Waals surface area contributed by atoms with E-state index in [1.807, 2.05) is 20.9 Å². The summed E-state index contributed by atoms with van der Waals surface area (Å²) in [7, 11) is 2.00. The van der Waals surface area contributed by atoms with Gasteiger partial charge in [0.05, 0.1) is 11.0 Å². The smallest absolute Gasteiger partial charge is 0.311 e. The first-order valence-electron chi connectivity index (χ1n) is 7.37. The fourth-order valence-electron chi connectivity index (χ4n) is 2.59. The molecule has 1 heterocycles. The molecular formula is C15H23N3O3. The molecule has 6 nitrogen and oxygen atoms in total. The van der Waals surface area contributed by atoms with E-state index in [0.29, 0.717) is 11.8 Å².